The number of nitrogens with two attached hydrogens (primary N) is 1. The minimum Gasteiger partial charge on any atom is -0.326 e. The van der Waals surface area contributed by atoms with Gasteiger partial charge in [0, 0.05) is 29.0 Å². The van der Waals surface area contributed by atoms with Crippen molar-refractivity contribution in [2.75, 3.05) is 0 Å². The Balaban J connectivity index is 0.00000105. The molecule has 2 N–H and O–H groups in total. The standard InChI is InChI=1S/C25H24FN3O.C2H6/c1-12-6-7-16-17(13(12)2)9-21-24-19(11-29(21)25(16)30)18(10-27)22-20(28-24)8-14-4-3-5-15(14)23(22)26;1-2/h8-9,13H,1,3-7,10-11,27H2,2H3;1-2H3. The molecule has 2 aliphatic carbocycles. The van der Waals surface area contributed by atoms with Gasteiger partial charge in [0.1, 0.15) is 5.82 Å². The lowest BCUT2D eigenvalue weighted by molar-refractivity contribution is 0.623. The van der Waals surface area contributed by atoms with Crippen LogP contribution in [0, 0.1) is 5.82 Å². The molecule has 1 aromatic carbocycles. The van der Waals surface area contributed by atoms with Crippen LogP contribution in [0.4, 0.5) is 4.39 Å². The van der Waals surface area contributed by atoms with Crippen LogP contribution in [-0.4, -0.2) is 9.55 Å². The van der Waals surface area contributed by atoms with Crippen LogP contribution in [0.1, 0.15) is 72.9 Å². The molecule has 3 aliphatic rings. The molecule has 0 spiro atoms. The van der Waals surface area contributed by atoms with Crippen LogP contribution in [0.3, 0.4) is 0 Å². The molecule has 0 bridgehead atoms. The van der Waals surface area contributed by atoms with Crippen LogP contribution in [0.5, 0.6) is 0 Å². The minimum atomic E-state index is -0.164. The molecule has 166 valence electrons. The fourth-order valence-electron chi connectivity index (χ4n) is 5.72. The smallest absolute Gasteiger partial charge is 0.254 e. The molecule has 2 aromatic heterocycles. The number of halogens is 1. The first-order valence-electron chi connectivity index (χ1n) is 11.8. The van der Waals surface area contributed by atoms with E-state index in [1.807, 2.05) is 19.9 Å². The second-order valence-corrected chi connectivity index (χ2v) is 8.93. The van der Waals surface area contributed by atoms with E-state index in [4.69, 9.17) is 10.7 Å². The molecule has 4 nitrogen and oxygen atoms in total. The van der Waals surface area contributed by atoms with E-state index in [2.05, 4.69) is 19.6 Å². The number of rotatable bonds is 1. The van der Waals surface area contributed by atoms with Crippen LogP contribution < -0.4 is 11.3 Å². The normalized spacial score (nSPS) is 18.0. The number of nitrogens with zero attached hydrogens (tertiary/aromatic N) is 2. The first kappa shape index (κ1) is 21.1. The zero-order valence-electron chi connectivity index (χ0n) is 19.1. The third-order valence-corrected chi connectivity index (χ3v) is 7.47. The van der Waals surface area contributed by atoms with Crippen molar-refractivity contribution in [3.8, 4) is 11.4 Å². The summed E-state index contributed by atoms with van der Waals surface area (Å²) >= 11 is 0. The van der Waals surface area contributed by atoms with Crippen molar-refractivity contribution in [3.05, 3.63) is 73.8 Å². The van der Waals surface area contributed by atoms with E-state index in [0.717, 1.165) is 82.4 Å². The largest absolute Gasteiger partial charge is 0.326 e. The maximum atomic E-state index is 15.5. The molecule has 1 unspecified atom stereocenters. The number of fused-ring (bicyclic) bond motifs is 6. The molecule has 3 heterocycles. The predicted molar refractivity (Wildman–Crippen MR) is 128 cm³/mol. The number of aryl methyl sites for hydroxylation is 1. The fraction of sp³-hybridized carbons (Fsp3) is 0.407. The van der Waals surface area contributed by atoms with Gasteiger partial charge in [-0.2, -0.15) is 0 Å². The molecule has 0 saturated heterocycles. The van der Waals surface area contributed by atoms with E-state index in [9.17, 15) is 4.79 Å². The number of hydrogen-bond acceptors (Lipinski definition) is 3. The maximum absolute atomic E-state index is 15.5. The minimum absolute atomic E-state index is 0.0508. The fourth-order valence-corrected chi connectivity index (χ4v) is 5.72. The number of hydrogen-bond donors (Lipinski definition) is 1. The van der Waals surface area contributed by atoms with Gasteiger partial charge in [0.05, 0.1) is 23.4 Å². The van der Waals surface area contributed by atoms with Gasteiger partial charge in [0.25, 0.3) is 5.56 Å². The Kier molecular flexibility index (Phi) is 5.05. The van der Waals surface area contributed by atoms with Crippen molar-refractivity contribution in [3.63, 3.8) is 0 Å². The van der Waals surface area contributed by atoms with Gasteiger partial charge in [-0.1, -0.05) is 32.9 Å². The van der Waals surface area contributed by atoms with Crippen molar-refractivity contribution >= 4 is 10.9 Å². The van der Waals surface area contributed by atoms with Gasteiger partial charge < -0.3 is 10.3 Å². The number of allylic oxidation sites excluding steroid dienone is 1. The van der Waals surface area contributed by atoms with E-state index in [1.54, 1.807) is 4.57 Å². The van der Waals surface area contributed by atoms with Crippen molar-refractivity contribution in [2.45, 2.75) is 71.9 Å². The molecule has 0 fully saturated rings. The van der Waals surface area contributed by atoms with Gasteiger partial charge in [0.2, 0.25) is 0 Å². The molecule has 0 radical (unpaired) electrons. The molecule has 6 rings (SSSR count). The van der Waals surface area contributed by atoms with Crippen molar-refractivity contribution in [2.24, 2.45) is 5.73 Å². The van der Waals surface area contributed by atoms with Crippen molar-refractivity contribution in [1.82, 2.24) is 9.55 Å². The highest BCUT2D eigenvalue weighted by atomic mass is 19.1. The Morgan fingerprint density at radius 2 is 1.94 bits per heavy atom. The summed E-state index contributed by atoms with van der Waals surface area (Å²) in [6.45, 7) is 10.9. The highest BCUT2D eigenvalue weighted by molar-refractivity contribution is 5.90. The van der Waals surface area contributed by atoms with Crippen LogP contribution in [0.15, 0.2) is 29.1 Å². The summed E-state index contributed by atoms with van der Waals surface area (Å²) in [5.74, 6) is -0.00480. The number of benzene rings is 1. The third kappa shape index (κ3) is 2.77. The summed E-state index contributed by atoms with van der Waals surface area (Å²) in [7, 11) is 0. The van der Waals surface area contributed by atoms with Gasteiger partial charge in [-0.25, -0.2) is 9.37 Å². The van der Waals surface area contributed by atoms with Gasteiger partial charge in [-0.3, -0.25) is 4.79 Å². The van der Waals surface area contributed by atoms with E-state index >= 15 is 4.39 Å². The van der Waals surface area contributed by atoms with Crippen LogP contribution >= 0.6 is 0 Å². The van der Waals surface area contributed by atoms with Gasteiger partial charge >= 0.3 is 0 Å². The summed E-state index contributed by atoms with van der Waals surface area (Å²) in [5, 5.41) is 0.546. The van der Waals surface area contributed by atoms with Crippen molar-refractivity contribution in [1.29, 1.82) is 0 Å². The SMILES string of the molecule is C=C1CCc2c(cc3n(c2=O)Cc2c-3nc3cc4c(c(F)c3c2CN)CCC4)C1C.CC. The summed E-state index contributed by atoms with van der Waals surface area (Å²) in [6.07, 6.45) is 4.22. The lowest BCUT2D eigenvalue weighted by Crippen LogP contribution is -2.28. The Bertz CT molecular complexity index is 1350. The molecule has 0 amide bonds. The second-order valence-electron chi connectivity index (χ2n) is 8.93. The summed E-state index contributed by atoms with van der Waals surface area (Å²) < 4.78 is 17.3. The summed E-state index contributed by atoms with van der Waals surface area (Å²) in [6, 6.07) is 4.14. The van der Waals surface area contributed by atoms with Crippen molar-refractivity contribution < 1.29 is 4.39 Å². The molecule has 0 saturated carbocycles. The summed E-state index contributed by atoms with van der Waals surface area (Å²) in [5.41, 5.74) is 15.1. The van der Waals surface area contributed by atoms with E-state index in [1.165, 1.54) is 0 Å². The summed E-state index contributed by atoms with van der Waals surface area (Å²) in [4.78, 5) is 18.3. The van der Waals surface area contributed by atoms with Gasteiger partial charge in [-0.05, 0) is 66.5 Å². The molecular weight excluding hydrogens is 401 g/mol. The van der Waals surface area contributed by atoms with Crippen LogP contribution in [-0.2, 0) is 32.4 Å². The highest BCUT2D eigenvalue weighted by Gasteiger charge is 2.32. The second kappa shape index (κ2) is 7.66. The Labute approximate surface area is 188 Å². The number of pyridine rings is 2. The van der Waals surface area contributed by atoms with E-state index < -0.39 is 0 Å². The highest BCUT2D eigenvalue weighted by Crippen LogP contribution is 2.41. The molecule has 5 heteroatoms. The van der Waals surface area contributed by atoms with Gasteiger partial charge in [-0.15, -0.1) is 0 Å². The first-order chi connectivity index (χ1) is 15.5. The average molecular weight is 432 g/mol. The topological polar surface area (TPSA) is 60.9 Å². The third-order valence-electron chi connectivity index (χ3n) is 7.47. The Morgan fingerprint density at radius 1 is 1.16 bits per heavy atom. The Hall–Kier alpha value is -2.79. The number of aromatic nitrogens is 2. The zero-order chi connectivity index (χ0) is 22.7. The zero-order valence-corrected chi connectivity index (χ0v) is 19.1. The predicted octanol–water partition coefficient (Wildman–Crippen LogP) is 5.14. The molecule has 32 heavy (non-hydrogen) atoms. The van der Waals surface area contributed by atoms with E-state index in [0.29, 0.717) is 17.4 Å². The Morgan fingerprint density at radius 3 is 2.69 bits per heavy atom. The molecule has 1 atom stereocenters. The molecule has 3 aromatic rings. The quantitative estimate of drug-likeness (QED) is 0.424. The maximum Gasteiger partial charge on any atom is 0.254 e. The average Bonchev–Trinajstić information content (AvgIpc) is 3.42. The van der Waals surface area contributed by atoms with Gasteiger partial charge in [0.15, 0.2) is 0 Å². The van der Waals surface area contributed by atoms with Crippen LogP contribution in [0.25, 0.3) is 22.3 Å². The lowest BCUT2D eigenvalue weighted by atomic mass is 9.81. The lowest BCUT2D eigenvalue weighted by Gasteiger charge is -2.25. The van der Waals surface area contributed by atoms with E-state index in [-0.39, 0.29) is 23.8 Å². The monoisotopic (exact) mass is 431 g/mol. The molecular formula is C27H30FN3O. The van der Waals surface area contributed by atoms with Crippen LogP contribution in [0.2, 0.25) is 0 Å². The molecule has 1 aliphatic heterocycles. The first-order valence-corrected chi connectivity index (χ1v) is 11.8.